The minimum absolute atomic E-state index is 0.121. The summed E-state index contributed by atoms with van der Waals surface area (Å²) < 4.78 is 14.8. The summed E-state index contributed by atoms with van der Waals surface area (Å²) in [6, 6.07) is 12.5. The number of nitrogens with zero attached hydrogens (tertiary/aromatic N) is 3. The van der Waals surface area contributed by atoms with Crippen molar-refractivity contribution >= 4 is 44.4 Å². The van der Waals surface area contributed by atoms with Gasteiger partial charge in [0.1, 0.15) is 11.3 Å². The number of carbonyl (C=O) groups is 1. The number of aromatic nitrogens is 1. The fourth-order valence-corrected chi connectivity index (χ4v) is 4.29. The van der Waals surface area contributed by atoms with Crippen LogP contribution in [0.15, 0.2) is 47.4 Å². The van der Waals surface area contributed by atoms with E-state index < -0.39 is 0 Å². The number of amides is 1. The van der Waals surface area contributed by atoms with Crippen LogP contribution in [0.2, 0.25) is 0 Å². The molecule has 0 radical (unpaired) electrons. The predicted molar refractivity (Wildman–Crippen MR) is 113 cm³/mol. The molecule has 4 nitrogen and oxygen atoms in total. The number of rotatable bonds is 7. The normalized spacial score (nSPS) is 11.3. The largest absolute Gasteiger partial charge is 0.308 e. The van der Waals surface area contributed by atoms with E-state index in [1.54, 1.807) is 22.7 Å². The maximum atomic E-state index is 14.0. The third kappa shape index (κ3) is 4.66. The van der Waals surface area contributed by atoms with Gasteiger partial charge in [-0.3, -0.25) is 9.69 Å². The topological polar surface area (TPSA) is 36.4 Å². The molecule has 1 amide bonds. The molecule has 0 aliphatic rings. The van der Waals surface area contributed by atoms with Gasteiger partial charge in [0.15, 0.2) is 5.13 Å². The molecule has 0 aliphatic heterocycles. The van der Waals surface area contributed by atoms with Gasteiger partial charge in [0.2, 0.25) is 0 Å². The molecule has 27 heavy (non-hydrogen) atoms. The van der Waals surface area contributed by atoms with Crippen molar-refractivity contribution in [3.05, 3.63) is 53.8 Å². The smallest absolute Gasteiger partial charge is 0.260 e. The maximum Gasteiger partial charge on any atom is 0.260 e. The van der Waals surface area contributed by atoms with E-state index in [1.807, 2.05) is 49.3 Å². The van der Waals surface area contributed by atoms with Crippen molar-refractivity contribution < 1.29 is 9.18 Å². The van der Waals surface area contributed by atoms with Gasteiger partial charge in [-0.2, -0.15) is 0 Å². The molecule has 0 saturated heterocycles. The molecule has 1 aromatic heterocycles. The number of hydrogen-bond donors (Lipinski definition) is 0. The van der Waals surface area contributed by atoms with Crippen LogP contribution in [-0.2, 0) is 0 Å². The highest BCUT2D eigenvalue weighted by Gasteiger charge is 2.22. The van der Waals surface area contributed by atoms with E-state index in [0.29, 0.717) is 29.3 Å². The third-order valence-corrected chi connectivity index (χ3v) is 5.96. The molecule has 0 bridgehead atoms. The maximum absolute atomic E-state index is 14.0. The number of anilines is 1. The number of carbonyl (C=O) groups excluding carboxylic acids is 1. The number of halogens is 1. The first-order valence-corrected chi connectivity index (χ1v) is 10.5. The van der Waals surface area contributed by atoms with Gasteiger partial charge in [-0.05, 0) is 56.2 Å². The Balaban J connectivity index is 1.93. The second-order valence-electron chi connectivity index (χ2n) is 6.30. The summed E-state index contributed by atoms with van der Waals surface area (Å²) in [5.74, 6) is 0.500. The van der Waals surface area contributed by atoms with Crippen LogP contribution in [0.25, 0.3) is 10.2 Å². The van der Waals surface area contributed by atoms with Gasteiger partial charge in [0.25, 0.3) is 5.91 Å². The molecular formula is C20H22FN3OS2. The molecule has 0 unspecified atom stereocenters. The summed E-state index contributed by atoms with van der Waals surface area (Å²) in [6.07, 6.45) is 0. The van der Waals surface area contributed by atoms with Crippen LogP contribution in [-0.4, -0.2) is 48.7 Å². The molecule has 7 heteroatoms. The van der Waals surface area contributed by atoms with Crippen molar-refractivity contribution in [2.75, 3.05) is 37.8 Å². The molecule has 3 aromatic rings. The zero-order valence-corrected chi connectivity index (χ0v) is 17.2. The standard InChI is InChI=1S/C20H22FN3OS2/c1-4-26-15-10-8-14(9-11-15)19(25)24(13-12-23(2)3)20-22-18-16(21)6-5-7-17(18)27-20/h5-11H,4,12-13H2,1-3H3. The first-order valence-electron chi connectivity index (χ1n) is 8.74. The highest BCUT2D eigenvalue weighted by Crippen LogP contribution is 2.31. The lowest BCUT2D eigenvalue weighted by molar-refractivity contribution is 0.0985. The molecule has 0 fully saturated rings. The Kier molecular flexibility index (Phi) is 6.46. The second-order valence-corrected chi connectivity index (χ2v) is 8.65. The summed E-state index contributed by atoms with van der Waals surface area (Å²) in [6.45, 7) is 3.27. The number of para-hydroxylation sites is 1. The zero-order valence-electron chi connectivity index (χ0n) is 15.6. The van der Waals surface area contributed by atoms with E-state index in [9.17, 15) is 9.18 Å². The van der Waals surface area contributed by atoms with Crippen LogP contribution in [0.3, 0.4) is 0 Å². The summed E-state index contributed by atoms with van der Waals surface area (Å²) in [4.78, 5) is 22.4. The Morgan fingerprint density at radius 1 is 1.15 bits per heavy atom. The fraction of sp³-hybridized carbons (Fsp3) is 0.300. The van der Waals surface area contributed by atoms with Crippen molar-refractivity contribution in [3.63, 3.8) is 0 Å². The minimum atomic E-state index is -0.365. The zero-order chi connectivity index (χ0) is 19.4. The Labute approximate surface area is 167 Å². The van der Waals surface area contributed by atoms with Crippen LogP contribution in [0.5, 0.6) is 0 Å². The average molecular weight is 404 g/mol. The molecule has 0 aliphatic carbocycles. The van der Waals surface area contributed by atoms with Gasteiger partial charge in [-0.25, -0.2) is 9.37 Å². The average Bonchev–Trinajstić information content (AvgIpc) is 3.08. The molecular weight excluding hydrogens is 381 g/mol. The minimum Gasteiger partial charge on any atom is -0.308 e. The van der Waals surface area contributed by atoms with Crippen LogP contribution >= 0.6 is 23.1 Å². The molecule has 1 heterocycles. The van der Waals surface area contributed by atoms with E-state index in [0.717, 1.165) is 15.3 Å². The van der Waals surface area contributed by atoms with Crippen LogP contribution in [0.4, 0.5) is 9.52 Å². The lowest BCUT2D eigenvalue weighted by Crippen LogP contribution is -2.36. The molecule has 0 spiro atoms. The predicted octanol–water partition coefficient (Wildman–Crippen LogP) is 4.76. The highest BCUT2D eigenvalue weighted by molar-refractivity contribution is 7.99. The summed E-state index contributed by atoms with van der Waals surface area (Å²) in [5, 5.41) is 0.522. The van der Waals surface area contributed by atoms with E-state index in [-0.39, 0.29) is 11.7 Å². The Morgan fingerprint density at radius 3 is 2.52 bits per heavy atom. The number of hydrogen-bond acceptors (Lipinski definition) is 5. The molecule has 3 rings (SSSR count). The Bertz CT molecular complexity index is 925. The van der Waals surface area contributed by atoms with Gasteiger partial charge < -0.3 is 4.90 Å². The summed E-state index contributed by atoms with van der Waals surface area (Å²) in [5.41, 5.74) is 0.920. The number of benzene rings is 2. The van der Waals surface area contributed by atoms with E-state index in [4.69, 9.17) is 0 Å². The molecule has 0 atom stereocenters. The Hall–Kier alpha value is -1.96. The lowest BCUT2D eigenvalue weighted by Gasteiger charge is -2.22. The van der Waals surface area contributed by atoms with E-state index >= 15 is 0 Å². The van der Waals surface area contributed by atoms with Gasteiger partial charge in [-0.15, -0.1) is 11.8 Å². The quantitative estimate of drug-likeness (QED) is 0.533. The van der Waals surface area contributed by atoms with Gasteiger partial charge in [-0.1, -0.05) is 24.3 Å². The fourth-order valence-electron chi connectivity index (χ4n) is 2.62. The second kappa shape index (κ2) is 8.82. The van der Waals surface area contributed by atoms with Crippen molar-refractivity contribution in [2.45, 2.75) is 11.8 Å². The number of fused-ring (bicyclic) bond motifs is 1. The van der Waals surface area contributed by atoms with Crippen LogP contribution in [0, 0.1) is 5.82 Å². The van der Waals surface area contributed by atoms with Crippen LogP contribution in [0.1, 0.15) is 17.3 Å². The van der Waals surface area contributed by atoms with Gasteiger partial charge >= 0.3 is 0 Å². The summed E-state index contributed by atoms with van der Waals surface area (Å²) in [7, 11) is 3.91. The summed E-state index contributed by atoms with van der Waals surface area (Å²) >= 11 is 3.07. The monoisotopic (exact) mass is 403 g/mol. The molecule has 2 aromatic carbocycles. The van der Waals surface area contributed by atoms with E-state index in [1.165, 1.54) is 17.4 Å². The van der Waals surface area contributed by atoms with Crippen molar-refractivity contribution in [1.29, 1.82) is 0 Å². The van der Waals surface area contributed by atoms with Crippen molar-refractivity contribution in [1.82, 2.24) is 9.88 Å². The third-order valence-electron chi connectivity index (χ3n) is 4.02. The SMILES string of the molecule is CCSc1ccc(C(=O)N(CCN(C)C)c2nc3c(F)cccc3s2)cc1. The molecule has 0 saturated carbocycles. The van der Waals surface area contributed by atoms with Crippen molar-refractivity contribution in [3.8, 4) is 0 Å². The number of thiazole rings is 1. The Morgan fingerprint density at radius 2 is 1.89 bits per heavy atom. The van der Waals surface area contributed by atoms with Crippen LogP contribution < -0.4 is 4.90 Å². The van der Waals surface area contributed by atoms with Crippen molar-refractivity contribution in [2.24, 2.45) is 0 Å². The van der Waals surface area contributed by atoms with E-state index in [2.05, 4.69) is 11.9 Å². The van der Waals surface area contributed by atoms with Gasteiger partial charge in [0.05, 0.1) is 4.70 Å². The number of thioether (sulfide) groups is 1. The lowest BCUT2D eigenvalue weighted by atomic mass is 10.2. The van der Waals surface area contributed by atoms with Gasteiger partial charge in [0, 0.05) is 23.5 Å². The number of likely N-dealkylation sites (N-methyl/N-ethyl adjacent to an activating group) is 1. The first kappa shape index (κ1) is 19.8. The molecule has 0 N–H and O–H groups in total. The first-order chi connectivity index (χ1) is 13.0. The highest BCUT2D eigenvalue weighted by atomic mass is 32.2. The molecule has 142 valence electrons.